The Morgan fingerprint density at radius 2 is 2.12 bits per heavy atom. The van der Waals surface area contributed by atoms with Crippen molar-refractivity contribution in [2.45, 2.75) is 32.7 Å². The quantitative estimate of drug-likeness (QED) is 0.870. The Hall–Kier alpha value is -1.22. The second kappa shape index (κ2) is 3.67. The van der Waals surface area contributed by atoms with Crippen LogP contribution in [-0.2, 0) is 5.54 Å². The highest BCUT2D eigenvalue weighted by molar-refractivity contribution is 6.35. The highest BCUT2D eigenvalue weighted by Crippen LogP contribution is 2.31. The third-order valence-electron chi connectivity index (χ3n) is 3.13. The van der Waals surface area contributed by atoms with E-state index in [-0.39, 0.29) is 5.54 Å². The van der Waals surface area contributed by atoms with Crippen LogP contribution in [0.15, 0.2) is 18.2 Å². The summed E-state index contributed by atoms with van der Waals surface area (Å²) in [5.41, 5.74) is 7.70. The first kappa shape index (κ1) is 11.3. The van der Waals surface area contributed by atoms with E-state index in [4.69, 9.17) is 17.3 Å². The minimum absolute atomic E-state index is 0.0521. The summed E-state index contributed by atoms with van der Waals surface area (Å²) >= 11 is 6.10. The van der Waals surface area contributed by atoms with Gasteiger partial charge in [-0.1, -0.05) is 24.6 Å². The van der Waals surface area contributed by atoms with E-state index >= 15 is 0 Å². The van der Waals surface area contributed by atoms with Crippen LogP contribution in [0.5, 0.6) is 0 Å². The van der Waals surface area contributed by atoms with Gasteiger partial charge in [0.25, 0.3) is 0 Å². The number of benzene rings is 1. The molecule has 0 radical (unpaired) electrons. The van der Waals surface area contributed by atoms with E-state index in [2.05, 4.69) is 25.8 Å². The maximum Gasteiger partial charge on any atom is 0.201 e. The Bertz CT molecular complexity index is 528. The van der Waals surface area contributed by atoms with Gasteiger partial charge in [-0.25, -0.2) is 4.98 Å². The summed E-state index contributed by atoms with van der Waals surface area (Å²) in [5, 5.41) is 0.648. The first-order valence-electron chi connectivity index (χ1n) is 5.40. The molecule has 0 aliphatic rings. The predicted molar refractivity (Wildman–Crippen MR) is 68.8 cm³/mol. The minimum Gasteiger partial charge on any atom is -0.369 e. The van der Waals surface area contributed by atoms with Crippen molar-refractivity contribution in [2.75, 3.05) is 5.73 Å². The molecule has 2 rings (SSSR count). The van der Waals surface area contributed by atoms with E-state index in [0.29, 0.717) is 11.0 Å². The van der Waals surface area contributed by atoms with Crippen LogP contribution in [0.1, 0.15) is 27.2 Å². The zero-order chi connectivity index (χ0) is 11.9. The van der Waals surface area contributed by atoms with Crippen LogP contribution in [0.25, 0.3) is 11.0 Å². The second-order valence-electron chi connectivity index (χ2n) is 4.58. The molecule has 0 aliphatic carbocycles. The molecular formula is C12H16ClN3. The Balaban J connectivity index is 2.80. The smallest absolute Gasteiger partial charge is 0.201 e. The number of imidazole rings is 1. The van der Waals surface area contributed by atoms with Crippen molar-refractivity contribution in [1.29, 1.82) is 0 Å². The lowest BCUT2D eigenvalue weighted by Gasteiger charge is -2.26. The second-order valence-corrected chi connectivity index (χ2v) is 4.99. The van der Waals surface area contributed by atoms with E-state index in [1.54, 1.807) is 0 Å². The highest BCUT2D eigenvalue weighted by Gasteiger charge is 2.23. The molecule has 1 aromatic carbocycles. The lowest BCUT2D eigenvalue weighted by molar-refractivity contribution is 0.357. The van der Waals surface area contributed by atoms with Crippen molar-refractivity contribution in [2.24, 2.45) is 0 Å². The molecule has 0 fully saturated rings. The van der Waals surface area contributed by atoms with Crippen LogP contribution in [0, 0.1) is 0 Å². The van der Waals surface area contributed by atoms with E-state index < -0.39 is 0 Å². The van der Waals surface area contributed by atoms with Crippen LogP contribution in [0.3, 0.4) is 0 Å². The molecule has 16 heavy (non-hydrogen) atoms. The van der Waals surface area contributed by atoms with Gasteiger partial charge >= 0.3 is 0 Å². The molecule has 0 unspecified atom stereocenters. The number of halogens is 1. The highest BCUT2D eigenvalue weighted by atomic mass is 35.5. The SMILES string of the molecule is CCC(C)(C)n1c(N)nc2c(Cl)cccc21. The third-order valence-corrected chi connectivity index (χ3v) is 3.44. The zero-order valence-corrected chi connectivity index (χ0v) is 10.5. The molecular weight excluding hydrogens is 222 g/mol. The van der Waals surface area contributed by atoms with E-state index in [1.807, 2.05) is 22.8 Å². The summed E-state index contributed by atoms with van der Waals surface area (Å²) in [5.74, 6) is 0.523. The van der Waals surface area contributed by atoms with Crippen LogP contribution in [-0.4, -0.2) is 9.55 Å². The largest absolute Gasteiger partial charge is 0.369 e. The Morgan fingerprint density at radius 3 is 2.75 bits per heavy atom. The monoisotopic (exact) mass is 237 g/mol. The number of hydrogen-bond donors (Lipinski definition) is 1. The van der Waals surface area contributed by atoms with Gasteiger partial charge in [0.1, 0.15) is 5.52 Å². The fourth-order valence-corrected chi connectivity index (χ4v) is 2.09. The van der Waals surface area contributed by atoms with Gasteiger partial charge in [0, 0.05) is 5.54 Å². The number of fused-ring (bicyclic) bond motifs is 1. The van der Waals surface area contributed by atoms with E-state index in [0.717, 1.165) is 17.5 Å². The molecule has 3 nitrogen and oxygen atoms in total. The van der Waals surface area contributed by atoms with E-state index in [1.165, 1.54) is 0 Å². The molecule has 4 heteroatoms. The molecule has 0 atom stereocenters. The Morgan fingerprint density at radius 1 is 1.44 bits per heavy atom. The third kappa shape index (κ3) is 1.55. The summed E-state index contributed by atoms with van der Waals surface area (Å²) in [6, 6.07) is 5.76. The number of aromatic nitrogens is 2. The minimum atomic E-state index is -0.0521. The topological polar surface area (TPSA) is 43.8 Å². The Labute approximate surface area is 100 Å². The number of anilines is 1. The molecule has 0 spiro atoms. The normalized spacial score (nSPS) is 12.2. The number of nitrogens with two attached hydrogens (primary N) is 1. The standard InChI is InChI=1S/C12H16ClN3/c1-4-12(2,3)16-9-7-5-6-8(13)10(9)15-11(16)14/h5-7H,4H2,1-3H3,(H2,14,15). The summed E-state index contributed by atoms with van der Waals surface area (Å²) < 4.78 is 2.05. The average Bonchev–Trinajstić information content (AvgIpc) is 2.57. The fourth-order valence-electron chi connectivity index (χ4n) is 1.88. The molecule has 2 aromatic rings. The number of hydrogen-bond acceptors (Lipinski definition) is 2. The van der Waals surface area contributed by atoms with Crippen molar-refractivity contribution in [3.8, 4) is 0 Å². The van der Waals surface area contributed by atoms with Crippen LogP contribution in [0.2, 0.25) is 5.02 Å². The number of para-hydroxylation sites is 1. The van der Waals surface area contributed by atoms with Gasteiger partial charge in [0.2, 0.25) is 5.95 Å². The van der Waals surface area contributed by atoms with Gasteiger partial charge in [0.05, 0.1) is 10.5 Å². The van der Waals surface area contributed by atoms with Crippen LogP contribution >= 0.6 is 11.6 Å². The first-order chi connectivity index (χ1) is 7.47. The summed E-state index contributed by atoms with van der Waals surface area (Å²) in [6.45, 7) is 6.42. The molecule has 0 aliphatic heterocycles. The lowest BCUT2D eigenvalue weighted by Crippen LogP contribution is -2.26. The van der Waals surface area contributed by atoms with Gasteiger partial charge in [0.15, 0.2) is 0 Å². The summed E-state index contributed by atoms with van der Waals surface area (Å²) in [4.78, 5) is 4.34. The Kier molecular flexibility index (Phi) is 2.58. The van der Waals surface area contributed by atoms with Crippen molar-refractivity contribution in [3.05, 3.63) is 23.2 Å². The molecule has 1 heterocycles. The lowest BCUT2D eigenvalue weighted by atomic mass is 10.0. The van der Waals surface area contributed by atoms with Crippen LogP contribution in [0.4, 0.5) is 5.95 Å². The fraction of sp³-hybridized carbons (Fsp3) is 0.417. The summed E-state index contributed by atoms with van der Waals surface area (Å²) in [6.07, 6.45) is 0.981. The molecule has 0 saturated carbocycles. The first-order valence-corrected chi connectivity index (χ1v) is 5.78. The van der Waals surface area contributed by atoms with Crippen molar-refractivity contribution in [1.82, 2.24) is 9.55 Å². The zero-order valence-electron chi connectivity index (χ0n) is 9.79. The predicted octanol–water partition coefficient (Wildman–Crippen LogP) is 3.42. The van der Waals surface area contributed by atoms with Gasteiger partial charge in [-0.15, -0.1) is 0 Å². The van der Waals surface area contributed by atoms with E-state index in [9.17, 15) is 0 Å². The number of rotatable bonds is 2. The molecule has 0 saturated heterocycles. The summed E-state index contributed by atoms with van der Waals surface area (Å²) in [7, 11) is 0. The van der Waals surface area contributed by atoms with Crippen molar-refractivity contribution >= 4 is 28.6 Å². The maximum atomic E-state index is 6.10. The molecule has 86 valence electrons. The molecule has 2 N–H and O–H groups in total. The van der Waals surface area contributed by atoms with Gasteiger partial charge in [-0.2, -0.15) is 0 Å². The van der Waals surface area contributed by atoms with Crippen molar-refractivity contribution < 1.29 is 0 Å². The number of nitrogens with zero attached hydrogens (tertiary/aromatic N) is 2. The average molecular weight is 238 g/mol. The van der Waals surface area contributed by atoms with Gasteiger partial charge < -0.3 is 10.3 Å². The van der Waals surface area contributed by atoms with Crippen LogP contribution < -0.4 is 5.73 Å². The number of nitrogen functional groups attached to an aromatic ring is 1. The van der Waals surface area contributed by atoms with Gasteiger partial charge in [-0.05, 0) is 32.4 Å². The molecule has 1 aromatic heterocycles. The molecule has 0 bridgehead atoms. The molecule has 0 amide bonds. The maximum absolute atomic E-state index is 6.10. The van der Waals surface area contributed by atoms with Gasteiger partial charge in [-0.3, -0.25) is 0 Å². The van der Waals surface area contributed by atoms with Crippen molar-refractivity contribution in [3.63, 3.8) is 0 Å².